The molecule has 1 aliphatic rings. The van der Waals surface area contributed by atoms with Crippen molar-refractivity contribution in [2.24, 2.45) is 0 Å². The zero-order valence-corrected chi connectivity index (χ0v) is 12.6. The third-order valence-corrected chi connectivity index (χ3v) is 3.42. The van der Waals surface area contributed by atoms with Crippen LogP contribution in [0.5, 0.6) is 0 Å². The van der Waals surface area contributed by atoms with Crippen LogP contribution in [0, 0.1) is 6.92 Å². The molecule has 6 nitrogen and oxygen atoms in total. The van der Waals surface area contributed by atoms with Crippen LogP contribution >= 0.6 is 0 Å². The molecule has 1 aromatic rings. The molecule has 21 heavy (non-hydrogen) atoms. The molecule has 0 atom stereocenters. The number of ether oxygens (including phenoxy) is 1. The zero-order chi connectivity index (χ0) is 15.9. The summed E-state index contributed by atoms with van der Waals surface area (Å²) in [5, 5.41) is 8.95. The minimum atomic E-state index is -1.51. The van der Waals surface area contributed by atoms with E-state index in [0.29, 0.717) is 29.8 Å². The van der Waals surface area contributed by atoms with Gasteiger partial charge in [0.2, 0.25) is 0 Å². The number of hydrogen-bond acceptors (Lipinski definition) is 4. The molecule has 0 radical (unpaired) electrons. The number of carboxylic acid groups (broad SMARTS) is 1. The van der Waals surface area contributed by atoms with Crippen molar-refractivity contribution in [3.05, 3.63) is 22.5 Å². The summed E-state index contributed by atoms with van der Waals surface area (Å²) in [7, 11) is 0. The van der Waals surface area contributed by atoms with Gasteiger partial charge >= 0.3 is 11.9 Å². The Hall–Kier alpha value is -2.11. The molecule has 0 aromatic carbocycles. The van der Waals surface area contributed by atoms with Crippen LogP contribution in [0.4, 0.5) is 0 Å². The average Bonchev–Trinajstić information content (AvgIpc) is 2.84. The number of aliphatic carboxylic acids is 1. The Morgan fingerprint density at radius 2 is 1.86 bits per heavy atom. The molecule has 0 bridgehead atoms. The summed E-state index contributed by atoms with van der Waals surface area (Å²) in [6, 6.07) is 0. The van der Waals surface area contributed by atoms with E-state index in [-0.39, 0.29) is 5.69 Å². The van der Waals surface area contributed by atoms with Gasteiger partial charge in [-0.15, -0.1) is 0 Å². The van der Waals surface area contributed by atoms with E-state index >= 15 is 0 Å². The van der Waals surface area contributed by atoms with Gasteiger partial charge < -0.3 is 14.4 Å². The second kappa shape index (κ2) is 5.02. The number of hydrogen-bond donors (Lipinski definition) is 1. The number of carbonyl (C=O) groups excluding carboxylic acids is 2. The highest BCUT2D eigenvalue weighted by atomic mass is 16.6. The van der Waals surface area contributed by atoms with E-state index in [1.54, 1.807) is 32.3 Å². The second-order valence-corrected chi connectivity index (χ2v) is 6.19. The molecule has 1 aromatic heterocycles. The Labute approximate surface area is 122 Å². The predicted molar refractivity (Wildman–Crippen MR) is 74.6 cm³/mol. The number of esters is 1. The van der Waals surface area contributed by atoms with Crippen LogP contribution in [-0.2, 0) is 22.5 Å². The van der Waals surface area contributed by atoms with E-state index in [0.717, 1.165) is 6.42 Å². The molecule has 114 valence electrons. The number of carbonyl (C=O) groups is 3. The fourth-order valence-corrected chi connectivity index (χ4v) is 2.71. The van der Waals surface area contributed by atoms with E-state index in [1.807, 2.05) is 0 Å². The highest BCUT2D eigenvalue weighted by Gasteiger charge is 2.34. The number of rotatable bonds is 3. The molecule has 0 saturated heterocycles. The van der Waals surface area contributed by atoms with Gasteiger partial charge in [-0.25, -0.2) is 9.59 Å². The third-order valence-electron chi connectivity index (χ3n) is 3.42. The van der Waals surface area contributed by atoms with Gasteiger partial charge in [0.05, 0.1) is 5.56 Å². The molecule has 0 aliphatic carbocycles. The molecule has 1 aliphatic heterocycles. The van der Waals surface area contributed by atoms with Gasteiger partial charge in [-0.1, -0.05) is 0 Å². The first-order valence-corrected chi connectivity index (χ1v) is 6.86. The molecule has 0 fully saturated rings. The molecular weight excluding hydrogens is 274 g/mol. The van der Waals surface area contributed by atoms with Gasteiger partial charge in [0, 0.05) is 12.2 Å². The lowest BCUT2D eigenvalue weighted by molar-refractivity contribution is -0.131. The molecule has 1 N–H and O–H groups in total. The largest absolute Gasteiger partial charge is 0.475 e. The number of Topliss-reactive ketones (excluding diaryl/α,β-unsaturated/α-hetero) is 1. The first-order chi connectivity index (χ1) is 9.63. The fraction of sp³-hybridized carbons (Fsp3) is 0.533. The molecule has 0 saturated carbocycles. The van der Waals surface area contributed by atoms with Gasteiger partial charge in [0.15, 0.2) is 0 Å². The fourth-order valence-electron chi connectivity index (χ4n) is 2.71. The van der Waals surface area contributed by atoms with Crippen LogP contribution in [0.25, 0.3) is 0 Å². The SMILES string of the molecule is Cc1c(C(=O)OC(C)(C)C)c2n(c1C(=O)C(=O)O)CCC2. The van der Waals surface area contributed by atoms with Crippen molar-refractivity contribution in [3.63, 3.8) is 0 Å². The van der Waals surface area contributed by atoms with Crippen molar-refractivity contribution in [2.75, 3.05) is 0 Å². The average molecular weight is 293 g/mol. The molecule has 0 unspecified atom stereocenters. The van der Waals surface area contributed by atoms with Crippen LogP contribution in [0.15, 0.2) is 0 Å². The van der Waals surface area contributed by atoms with Crippen molar-refractivity contribution in [2.45, 2.75) is 52.7 Å². The maximum Gasteiger partial charge on any atom is 0.378 e. The standard InChI is InChI=1S/C15H19NO5/c1-8-10(14(20)21-15(2,3)4)9-6-5-7-16(9)11(8)12(17)13(18)19/h5-7H2,1-4H3,(H,18,19). The van der Waals surface area contributed by atoms with Crippen LogP contribution in [-0.4, -0.2) is 33.0 Å². The molecule has 0 amide bonds. The monoisotopic (exact) mass is 293 g/mol. The van der Waals surface area contributed by atoms with E-state index < -0.39 is 23.3 Å². The van der Waals surface area contributed by atoms with Crippen molar-refractivity contribution in [3.8, 4) is 0 Å². The van der Waals surface area contributed by atoms with E-state index in [1.165, 1.54) is 0 Å². The molecule has 0 spiro atoms. The van der Waals surface area contributed by atoms with Crippen LogP contribution in [0.1, 0.15) is 59.3 Å². The van der Waals surface area contributed by atoms with E-state index in [4.69, 9.17) is 9.84 Å². The summed E-state index contributed by atoms with van der Waals surface area (Å²) in [6.07, 6.45) is 1.42. The van der Waals surface area contributed by atoms with Gasteiger partial charge in [-0.05, 0) is 46.1 Å². The Morgan fingerprint density at radius 3 is 2.38 bits per heavy atom. The Morgan fingerprint density at radius 1 is 1.24 bits per heavy atom. The Kier molecular flexibility index (Phi) is 3.65. The van der Waals surface area contributed by atoms with Gasteiger partial charge in [-0.3, -0.25) is 4.79 Å². The predicted octanol–water partition coefficient (Wildman–Crippen LogP) is 1.97. The number of nitrogens with zero attached hydrogens (tertiary/aromatic N) is 1. The minimum absolute atomic E-state index is 0.0934. The Balaban J connectivity index is 2.54. The van der Waals surface area contributed by atoms with Crippen molar-refractivity contribution in [1.29, 1.82) is 0 Å². The van der Waals surface area contributed by atoms with Crippen molar-refractivity contribution in [1.82, 2.24) is 4.57 Å². The molecular formula is C15H19NO5. The lowest BCUT2D eigenvalue weighted by atomic mass is 10.1. The molecule has 2 heterocycles. The summed E-state index contributed by atoms with van der Waals surface area (Å²) >= 11 is 0. The number of carboxylic acids is 1. The summed E-state index contributed by atoms with van der Waals surface area (Å²) < 4.78 is 7.02. The first kappa shape index (κ1) is 15.3. The van der Waals surface area contributed by atoms with Crippen LogP contribution in [0.2, 0.25) is 0 Å². The Bertz CT molecular complexity index is 633. The quantitative estimate of drug-likeness (QED) is 0.523. The molecule has 6 heteroatoms. The highest BCUT2D eigenvalue weighted by molar-refractivity contribution is 6.40. The van der Waals surface area contributed by atoms with Gasteiger partial charge in [0.25, 0.3) is 5.78 Å². The summed E-state index contributed by atoms with van der Waals surface area (Å²) in [5.41, 5.74) is 0.883. The van der Waals surface area contributed by atoms with Crippen molar-refractivity contribution >= 4 is 17.7 Å². The normalized spacial score (nSPS) is 13.9. The van der Waals surface area contributed by atoms with Crippen LogP contribution in [0.3, 0.4) is 0 Å². The van der Waals surface area contributed by atoms with E-state index in [9.17, 15) is 14.4 Å². The molecule has 2 rings (SSSR count). The number of ketones is 1. The number of fused-ring (bicyclic) bond motifs is 1. The van der Waals surface area contributed by atoms with Gasteiger partial charge in [0.1, 0.15) is 11.3 Å². The third kappa shape index (κ3) is 2.70. The summed E-state index contributed by atoms with van der Waals surface area (Å²) in [5.74, 6) is -3.00. The topological polar surface area (TPSA) is 85.6 Å². The van der Waals surface area contributed by atoms with Gasteiger partial charge in [-0.2, -0.15) is 0 Å². The summed E-state index contributed by atoms with van der Waals surface area (Å²) in [6.45, 7) is 7.44. The minimum Gasteiger partial charge on any atom is -0.475 e. The maximum absolute atomic E-state index is 12.4. The van der Waals surface area contributed by atoms with Crippen LogP contribution < -0.4 is 0 Å². The van der Waals surface area contributed by atoms with Crippen molar-refractivity contribution < 1.29 is 24.2 Å². The lowest BCUT2D eigenvalue weighted by Crippen LogP contribution is -2.24. The highest BCUT2D eigenvalue weighted by Crippen LogP contribution is 2.30. The first-order valence-electron chi connectivity index (χ1n) is 6.86. The van der Waals surface area contributed by atoms with E-state index in [2.05, 4.69) is 0 Å². The zero-order valence-electron chi connectivity index (χ0n) is 12.6. The number of aromatic nitrogens is 1. The smallest absolute Gasteiger partial charge is 0.378 e. The summed E-state index contributed by atoms with van der Waals surface area (Å²) in [4.78, 5) is 35.2. The maximum atomic E-state index is 12.4. The second-order valence-electron chi connectivity index (χ2n) is 6.19. The lowest BCUT2D eigenvalue weighted by Gasteiger charge is -2.19.